The molecule has 0 saturated carbocycles. The number of carbonyl (C=O) groups excluding carboxylic acids is 1. The molecule has 1 aromatic heterocycles. The fourth-order valence-corrected chi connectivity index (χ4v) is 4.70. The van der Waals surface area contributed by atoms with Crippen molar-refractivity contribution < 1.29 is 18.7 Å². The fourth-order valence-electron chi connectivity index (χ4n) is 4.70. The number of carbonyl (C=O) groups is 1. The van der Waals surface area contributed by atoms with Crippen molar-refractivity contribution in [3.63, 3.8) is 0 Å². The molecule has 2 aromatic carbocycles. The SMILES string of the molecule is CC(C)(C)n1ncc2c1N=C1NC(=O)N(c3ccc(F)cc3)C1C2c1ccc2c(c1)OCO2. The fraction of sp³-hybridized carbons (Fsp3) is 0.292. The zero-order chi connectivity index (χ0) is 22.9. The molecule has 9 heteroatoms. The van der Waals surface area contributed by atoms with Crippen LogP contribution in [0.3, 0.4) is 0 Å². The van der Waals surface area contributed by atoms with Crippen LogP contribution in [0.15, 0.2) is 53.7 Å². The van der Waals surface area contributed by atoms with Gasteiger partial charge in [0.2, 0.25) is 6.79 Å². The van der Waals surface area contributed by atoms with Gasteiger partial charge in [-0.1, -0.05) is 6.07 Å². The molecule has 3 aliphatic rings. The van der Waals surface area contributed by atoms with E-state index in [0.29, 0.717) is 28.8 Å². The topological polar surface area (TPSA) is 81.0 Å². The predicted molar refractivity (Wildman–Crippen MR) is 120 cm³/mol. The minimum atomic E-state index is -0.451. The van der Waals surface area contributed by atoms with E-state index in [4.69, 9.17) is 14.5 Å². The molecule has 6 rings (SSSR count). The molecule has 4 heterocycles. The molecule has 1 fully saturated rings. The minimum Gasteiger partial charge on any atom is -0.454 e. The van der Waals surface area contributed by atoms with Crippen LogP contribution >= 0.6 is 0 Å². The third-order valence-corrected chi connectivity index (χ3v) is 6.16. The zero-order valence-electron chi connectivity index (χ0n) is 18.4. The first-order chi connectivity index (χ1) is 15.8. The largest absolute Gasteiger partial charge is 0.454 e. The molecule has 0 bridgehead atoms. The molecule has 8 nitrogen and oxygen atoms in total. The number of benzene rings is 2. The van der Waals surface area contributed by atoms with Crippen molar-refractivity contribution in [2.75, 3.05) is 11.7 Å². The van der Waals surface area contributed by atoms with Crippen LogP contribution in [0.2, 0.25) is 0 Å². The number of amidine groups is 1. The van der Waals surface area contributed by atoms with E-state index in [0.717, 1.165) is 11.1 Å². The highest BCUT2D eigenvalue weighted by Crippen LogP contribution is 2.46. The van der Waals surface area contributed by atoms with E-state index in [2.05, 4.69) is 31.2 Å². The number of amides is 2. The summed E-state index contributed by atoms with van der Waals surface area (Å²) >= 11 is 0. The lowest BCUT2D eigenvalue weighted by Crippen LogP contribution is -2.42. The van der Waals surface area contributed by atoms with Gasteiger partial charge in [0, 0.05) is 17.2 Å². The first-order valence-corrected chi connectivity index (χ1v) is 10.7. The van der Waals surface area contributed by atoms with E-state index in [9.17, 15) is 9.18 Å². The lowest BCUT2D eigenvalue weighted by molar-refractivity contribution is 0.174. The lowest BCUT2D eigenvalue weighted by Gasteiger charge is -2.33. The summed E-state index contributed by atoms with van der Waals surface area (Å²) in [6.07, 6.45) is 1.82. The van der Waals surface area contributed by atoms with Crippen LogP contribution in [0.5, 0.6) is 11.5 Å². The quantitative estimate of drug-likeness (QED) is 0.636. The Balaban J connectivity index is 1.55. The van der Waals surface area contributed by atoms with Crippen LogP contribution in [0.4, 0.5) is 20.7 Å². The van der Waals surface area contributed by atoms with Crippen molar-refractivity contribution in [1.29, 1.82) is 0 Å². The Morgan fingerprint density at radius 2 is 1.85 bits per heavy atom. The molecule has 33 heavy (non-hydrogen) atoms. The summed E-state index contributed by atoms with van der Waals surface area (Å²) in [5.41, 5.74) is 2.13. The first-order valence-electron chi connectivity index (χ1n) is 10.7. The average Bonchev–Trinajstić information content (AvgIpc) is 3.48. The summed E-state index contributed by atoms with van der Waals surface area (Å²) in [5.74, 6) is 1.94. The number of ether oxygens (including phenoxy) is 2. The number of nitrogens with one attached hydrogen (secondary N) is 1. The number of halogens is 1. The number of hydrogen-bond donors (Lipinski definition) is 1. The van der Waals surface area contributed by atoms with Crippen molar-refractivity contribution >= 4 is 23.4 Å². The molecular formula is C24H22FN5O3. The minimum absolute atomic E-state index is 0.175. The Morgan fingerprint density at radius 1 is 1.09 bits per heavy atom. The van der Waals surface area contributed by atoms with Crippen LogP contribution in [0.25, 0.3) is 0 Å². The normalized spacial score (nSPS) is 20.9. The van der Waals surface area contributed by atoms with Crippen molar-refractivity contribution in [1.82, 2.24) is 15.1 Å². The Labute approximate surface area is 189 Å². The number of hydrogen-bond acceptors (Lipinski definition) is 5. The zero-order valence-corrected chi connectivity index (χ0v) is 18.4. The molecule has 0 aliphatic carbocycles. The Bertz CT molecular complexity index is 1310. The Kier molecular flexibility index (Phi) is 4.08. The van der Waals surface area contributed by atoms with Crippen LogP contribution in [-0.4, -0.2) is 34.5 Å². The molecule has 3 aliphatic heterocycles. The summed E-state index contributed by atoms with van der Waals surface area (Å²) in [6, 6.07) is 10.9. The molecule has 3 aromatic rings. The maximum Gasteiger partial charge on any atom is 0.328 e. The molecule has 2 amide bonds. The molecule has 2 atom stereocenters. The van der Waals surface area contributed by atoms with Gasteiger partial charge in [0.05, 0.1) is 11.7 Å². The Morgan fingerprint density at radius 3 is 2.61 bits per heavy atom. The number of fused-ring (bicyclic) bond motifs is 3. The van der Waals surface area contributed by atoms with Crippen molar-refractivity contribution in [3.05, 3.63) is 65.6 Å². The maximum absolute atomic E-state index is 13.6. The third-order valence-electron chi connectivity index (χ3n) is 6.16. The van der Waals surface area contributed by atoms with Gasteiger partial charge in [0.1, 0.15) is 17.7 Å². The monoisotopic (exact) mass is 447 g/mol. The second-order valence-electron chi connectivity index (χ2n) is 9.31. The first kappa shape index (κ1) is 19.8. The van der Waals surface area contributed by atoms with Gasteiger partial charge in [-0.05, 0) is 62.7 Å². The number of urea groups is 1. The Hall–Kier alpha value is -3.88. The molecular weight excluding hydrogens is 425 g/mol. The maximum atomic E-state index is 13.6. The van der Waals surface area contributed by atoms with Gasteiger partial charge in [0.15, 0.2) is 17.3 Å². The van der Waals surface area contributed by atoms with Crippen LogP contribution in [0, 0.1) is 5.82 Å². The number of rotatable bonds is 2. The van der Waals surface area contributed by atoms with Crippen molar-refractivity contribution in [3.8, 4) is 11.5 Å². The van der Waals surface area contributed by atoms with E-state index >= 15 is 0 Å². The molecule has 1 saturated heterocycles. The highest BCUT2D eigenvalue weighted by molar-refractivity contribution is 6.18. The molecule has 1 N–H and O–H groups in total. The summed E-state index contributed by atoms with van der Waals surface area (Å²) in [7, 11) is 0. The second kappa shape index (κ2) is 6.81. The molecule has 168 valence electrons. The highest BCUT2D eigenvalue weighted by atomic mass is 19.1. The van der Waals surface area contributed by atoms with Gasteiger partial charge in [-0.15, -0.1) is 0 Å². The lowest BCUT2D eigenvalue weighted by atomic mass is 9.83. The van der Waals surface area contributed by atoms with E-state index in [1.807, 2.05) is 29.1 Å². The molecule has 2 unspecified atom stereocenters. The second-order valence-corrected chi connectivity index (χ2v) is 9.31. The number of anilines is 1. The average molecular weight is 447 g/mol. The summed E-state index contributed by atoms with van der Waals surface area (Å²) in [5, 5.41) is 7.57. The van der Waals surface area contributed by atoms with E-state index in [1.54, 1.807) is 17.0 Å². The predicted octanol–water partition coefficient (Wildman–Crippen LogP) is 4.28. The summed E-state index contributed by atoms with van der Waals surface area (Å²) in [6.45, 7) is 6.34. The van der Waals surface area contributed by atoms with Crippen molar-refractivity contribution in [2.45, 2.75) is 38.3 Å². The van der Waals surface area contributed by atoms with E-state index < -0.39 is 6.04 Å². The van der Waals surface area contributed by atoms with Crippen LogP contribution in [0.1, 0.15) is 37.8 Å². The van der Waals surface area contributed by atoms with Crippen LogP contribution < -0.4 is 19.7 Å². The standard InChI is InChI=1S/C24H22FN5O3/c1-24(2,3)30-22-16(11-26-30)19(13-4-9-17-18(10-13)33-12-32-17)20-21(27-22)28-23(31)29(20)15-7-5-14(25)6-8-15/h4-11,19-20H,12H2,1-3H3,(H,27,28,31). The van der Waals surface area contributed by atoms with Gasteiger partial charge in [-0.3, -0.25) is 10.2 Å². The molecule has 0 spiro atoms. The smallest absolute Gasteiger partial charge is 0.328 e. The summed E-state index contributed by atoms with van der Waals surface area (Å²) < 4.78 is 26.6. The van der Waals surface area contributed by atoms with Gasteiger partial charge in [-0.2, -0.15) is 5.10 Å². The van der Waals surface area contributed by atoms with Gasteiger partial charge >= 0.3 is 6.03 Å². The van der Waals surface area contributed by atoms with Gasteiger partial charge in [-0.25, -0.2) is 18.9 Å². The number of aliphatic imine (C=N–C) groups is 1. The van der Waals surface area contributed by atoms with E-state index in [1.165, 1.54) is 12.1 Å². The third kappa shape index (κ3) is 2.99. The van der Waals surface area contributed by atoms with Gasteiger partial charge < -0.3 is 9.47 Å². The summed E-state index contributed by atoms with van der Waals surface area (Å²) in [4.78, 5) is 19.6. The van der Waals surface area contributed by atoms with E-state index in [-0.39, 0.29) is 30.1 Å². The van der Waals surface area contributed by atoms with Gasteiger partial charge in [0.25, 0.3) is 0 Å². The number of aromatic nitrogens is 2. The molecule has 0 radical (unpaired) electrons. The van der Waals surface area contributed by atoms with Crippen molar-refractivity contribution in [2.24, 2.45) is 4.99 Å². The highest BCUT2D eigenvalue weighted by Gasteiger charge is 2.48. The van der Waals surface area contributed by atoms with Crippen LogP contribution in [-0.2, 0) is 5.54 Å². The number of nitrogens with zero attached hydrogens (tertiary/aromatic N) is 4.